The van der Waals surface area contributed by atoms with Crippen molar-refractivity contribution in [1.29, 1.82) is 0 Å². The molecule has 2 N–H and O–H groups in total. The molecule has 2 amide bonds. The van der Waals surface area contributed by atoms with Crippen molar-refractivity contribution in [3.05, 3.63) is 34.2 Å². The number of aromatic nitrogens is 2. The monoisotopic (exact) mass is 399 g/mol. The maximum atomic E-state index is 12.9. The zero-order valence-electron chi connectivity index (χ0n) is 16.4. The molecule has 4 rings (SSSR count). The smallest absolute Gasteiger partial charge is 0.329 e. The SMILES string of the molecule is Cn1c(=O)n(C2CCC(=O)NC2=O)c2ccc(C3CCC(CC(=O)O)CC3)cc21. The molecule has 2 heterocycles. The second-order valence-electron chi connectivity index (χ2n) is 8.24. The van der Waals surface area contributed by atoms with Crippen LogP contribution in [0.3, 0.4) is 0 Å². The second-order valence-corrected chi connectivity index (χ2v) is 8.24. The van der Waals surface area contributed by atoms with Gasteiger partial charge in [-0.1, -0.05) is 6.07 Å². The minimum absolute atomic E-state index is 0.219. The fourth-order valence-corrected chi connectivity index (χ4v) is 4.81. The number of carbonyl (C=O) groups excluding carboxylic acids is 2. The van der Waals surface area contributed by atoms with Crippen molar-refractivity contribution in [2.24, 2.45) is 13.0 Å². The number of nitrogens with one attached hydrogen (secondary N) is 1. The van der Waals surface area contributed by atoms with Crippen molar-refractivity contribution in [3.8, 4) is 0 Å². The molecule has 1 atom stereocenters. The van der Waals surface area contributed by atoms with Crippen LogP contribution < -0.4 is 11.0 Å². The van der Waals surface area contributed by atoms with Crippen molar-refractivity contribution in [1.82, 2.24) is 14.5 Å². The quantitative estimate of drug-likeness (QED) is 0.765. The molecule has 1 aliphatic heterocycles. The summed E-state index contributed by atoms with van der Waals surface area (Å²) in [4.78, 5) is 47.5. The molecular weight excluding hydrogens is 374 g/mol. The standard InChI is InChI=1S/C21H25N3O5/c1-23-17-11-14(13-4-2-12(3-5-13)10-19(26)27)6-7-15(17)24(21(23)29)16-8-9-18(25)22-20(16)28/h6-7,11-13,16H,2-5,8-10H2,1H3,(H,26,27)(H,22,25,28). The zero-order valence-corrected chi connectivity index (χ0v) is 16.4. The summed E-state index contributed by atoms with van der Waals surface area (Å²) in [6, 6.07) is 5.23. The molecule has 1 aliphatic carbocycles. The topological polar surface area (TPSA) is 110 Å². The number of imidazole rings is 1. The van der Waals surface area contributed by atoms with E-state index in [1.54, 1.807) is 11.6 Å². The van der Waals surface area contributed by atoms with Gasteiger partial charge in [0, 0.05) is 19.9 Å². The van der Waals surface area contributed by atoms with E-state index in [1.807, 2.05) is 18.2 Å². The van der Waals surface area contributed by atoms with Gasteiger partial charge in [0.25, 0.3) is 0 Å². The van der Waals surface area contributed by atoms with Crippen LogP contribution in [-0.2, 0) is 21.4 Å². The molecule has 8 nitrogen and oxygen atoms in total. The number of carbonyl (C=O) groups is 3. The molecule has 2 fully saturated rings. The lowest BCUT2D eigenvalue weighted by atomic mass is 9.77. The summed E-state index contributed by atoms with van der Waals surface area (Å²) in [7, 11) is 1.70. The van der Waals surface area contributed by atoms with Crippen LogP contribution in [0, 0.1) is 5.92 Å². The van der Waals surface area contributed by atoms with Crippen molar-refractivity contribution in [2.45, 2.75) is 56.9 Å². The summed E-state index contributed by atoms with van der Waals surface area (Å²) < 4.78 is 3.04. The highest BCUT2D eigenvalue weighted by Gasteiger charge is 2.31. The third kappa shape index (κ3) is 3.59. The molecule has 8 heteroatoms. The van der Waals surface area contributed by atoms with E-state index >= 15 is 0 Å². The Hall–Kier alpha value is -2.90. The molecule has 0 bridgehead atoms. The van der Waals surface area contributed by atoms with E-state index < -0.39 is 17.9 Å². The van der Waals surface area contributed by atoms with Crippen molar-refractivity contribution < 1.29 is 19.5 Å². The molecule has 1 unspecified atom stereocenters. The van der Waals surface area contributed by atoms with Gasteiger partial charge in [-0.25, -0.2) is 4.79 Å². The number of imide groups is 1. The Kier molecular flexibility index (Phi) is 5.02. The Labute approximate surface area is 167 Å². The first-order chi connectivity index (χ1) is 13.8. The molecule has 154 valence electrons. The Balaban J connectivity index is 1.62. The average molecular weight is 399 g/mol. The summed E-state index contributed by atoms with van der Waals surface area (Å²) in [5.74, 6) is -0.888. The molecule has 2 aliphatic rings. The van der Waals surface area contributed by atoms with Crippen LogP contribution in [0.2, 0.25) is 0 Å². The fourth-order valence-electron chi connectivity index (χ4n) is 4.81. The molecular formula is C21H25N3O5. The van der Waals surface area contributed by atoms with Gasteiger partial charge in [-0.3, -0.25) is 28.8 Å². The number of piperidine rings is 1. The van der Waals surface area contributed by atoms with Crippen LogP contribution in [0.5, 0.6) is 0 Å². The van der Waals surface area contributed by atoms with E-state index in [-0.39, 0.29) is 30.4 Å². The highest BCUT2D eigenvalue weighted by Crippen LogP contribution is 2.38. The van der Waals surface area contributed by atoms with Gasteiger partial charge in [-0.05, 0) is 61.6 Å². The highest BCUT2D eigenvalue weighted by atomic mass is 16.4. The lowest BCUT2D eigenvalue weighted by molar-refractivity contribution is -0.138. The van der Waals surface area contributed by atoms with Gasteiger partial charge in [-0.2, -0.15) is 0 Å². The second kappa shape index (κ2) is 7.50. The number of carboxylic acid groups (broad SMARTS) is 1. The molecule has 1 aromatic carbocycles. The van der Waals surface area contributed by atoms with E-state index in [4.69, 9.17) is 5.11 Å². The van der Waals surface area contributed by atoms with Crippen molar-refractivity contribution in [3.63, 3.8) is 0 Å². The van der Waals surface area contributed by atoms with Crippen LogP contribution in [-0.4, -0.2) is 32.0 Å². The van der Waals surface area contributed by atoms with E-state index in [9.17, 15) is 19.2 Å². The molecule has 2 aromatic rings. The predicted molar refractivity (Wildman–Crippen MR) is 106 cm³/mol. The number of nitrogens with zero attached hydrogens (tertiary/aromatic N) is 2. The van der Waals surface area contributed by atoms with E-state index in [0.717, 1.165) is 36.8 Å². The summed E-state index contributed by atoms with van der Waals surface area (Å²) in [6.07, 6.45) is 4.43. The van der Waals surface area contributed by atoms with Gasteiger partial charge >= 0.3 is 11.7 Å². The van der Waals surface area contributed by atoms with Crippen LogP contribution in [0.15, 0.2) is 23.0 Å². The summed E-state index contributed by atoms with van der Waals surface area (Å²) in [6.45, 7) is 0. The Bertz CT molecular complexity index is 1040. The Morgan fingerprint density at radius 3 is 2.48 bits per heavy atom. The average Bonchev–Trinajstić information content (AvgIpc) is 2.93. The fraction of sp³-hybridized carbons (Fsp3) is 0.524. The molecule has 0 spiro atoms. The van der Waals surface area contributed by atoms with Crippen LogP contribution in [0.4, 0.5) is 0 Å². The molecule has 1 saturated carbocycles. The number of benzene rings is 1. The van der Waals surface area contributed by atoms with Crippen LogP contribution in [0.25, 0.3) is 11.0 Å². The lowest BCUT2D eigenvalue weighted by Crippen LogP contribution is -2.44. The Morgan fingerprint density at radius 2 is 1.83 bits per heavy atom. The number of fused-ring (bicyclic) bond motifs is 1. The van der Waals surface area contributed by atoms with Gasteiger partial charge < -0.3 is 5.11 Å². The maximum absolute atomic E-state index is 12.9. The number of amides is 2. The van der Waals surface area contributed by atoms with Gasteiger partial charge in [0.2, 0.25) is 11.8 Å². The summed E-state index contributed by atoms with van der Waals surface area (Å²) in [5.41, 5.74) is 2.33. The Morgan fingerprint density at radius 1 is 1.10 bits per heavy atom. The van der Waals surface area contributed by atoms with Crippen LogP contribution in [0.1, 0.15) is 62.5 Å². The van der Waals surface area contributed by atoms with E-state index in [0.29, 0.717) is 17.9 Å². The van der Waals surface area contributed by atoms with Crippen molar-refractivity contribution >= 4 is 28.8 Å². The van der Waals surface area contributed by atoms with Crippen LogP contribution >= 0.6 is 0 Å². The largest absolute Gasteiger partial charge is 0.481 e. The predicted octanol–water partition coefficient (Wildman–Crippen LogP) is 2.07. The first kappa shape index (κ1) is 19.4. The first-order valence-electron chi connectivity index (χ1n) is 10.1. The van der Waals surface area contributed by atoms with E-state index in [1.165, 1.54) is 4.57 Å². The van der Waals surface area contributed by atoms with Gasteiger partial charge in [0.1, 0.15) is 6.04 Å². The highest BCUT2D eigenvalue weighted by molar-refractivity contribution is 6.00. The number of carboxylic acids is 1. The molecule has 1 aromatic heterocycles. The maximum Gasteiger partial charge on any atom is 0.329 e. The zero-order chi connectivity index (χ0) is 20.7. The third-order valence-electron chi connectivity index (χ3n) is 6.42. The molecule has 0 radical (unpaired) electrons. The lowest BCUT2D eigenvalue weighted by Gasteiger charge is -2.28. The number of aliphatic carboxylic acids is 1. The normalized spacial score (nSPS) is 25.2. The number of hydrogen-bond donors (Lipinski definition) is 2. The van der Waals surface area contributed by atoms with Gasteiger partial charge in [-0.15, -0.1) is 0 Å². The van der Waals surface area contributed by atoms with Crippen molar-refractivity contribution in [2.75, 3.05) is 0 Å². The first-order valence-corrected chi connectivity index (χ1v) is 10.1. The van der Waals surface area contributed by atoms with Gasteiger partial charge in [0.15, 0.2) is 0 Å². The number of rotatable bonds is 4. The van der Waals surface area contributed by atoms with E-state index in [2.05, 4.69) is 5.32 Å². The summed E-state index contributed by atoms with van der Waals surface area (Å²) in [5, 5.41) is 11.3. The summed E-state index contributed by atoms with van der Waals surface area (Å²) >= 11 is 0. The molecule has 29 heavy (non-hydrogen) atoms. The minimum Gasteiger partial charge on any atom is -0.481 e. The molecule has 1 saturated heterocycles. The van der Waals surface area contributed by atoms with Gasteiger partial charge in [0.05, 0.1) is 11.0 Å². The minimum atomic E-state index is -0.736. The number of hydrogen-bond acceptors (Lipinski definition) is 4. The number of aryl methyl sites for hydroxylation is 1. The third-order valence-corrected chi connectivity index (χ3v) is 6.42.